The van der Waals surface area contributed by atoms with E-state index in [9.17, 15) is 4.79 Å². The van der Waals surface area contributed by atoms with E-state index in [-0.39, 0.29) is 11.8 Å². The number of amides is 1. The third kappa shape index (κ3) is 3.96. The molecule has 0 aromatic carbocycles. The van der Waals surface area contributed by atoms with Crippen molar-refractivity contribution in [3.05, 3.63) is 29.2 Å². The fraction of sp³-hybridized carbons (Fsp3) is 0.609. The molecule has 1 unspecified atom stereocenters. The van der Waals surface area contributed by atoms with Crippen LogP contribution in [0.1, 0.15) is 54.9 Å². The van der Waals surface area contributed by atoms with E-state index in [2.05, 4.69) is 29.9 Å². The molecule has 32 heavy (non-hydrogen) atoms. The van der Waals surface area contributed by atoms with Crippen LogP contribution in [0.3, 0.4) is 0 Å². The van der Waals surface area contributed by atoms with Crippen LogP contribution in [0.5, 0.6) is 0 Å². The Bertz CT molecular complexity index is 1100. The summed E-state index contributed by atoms with van der Waals surface area (Å²) in [6.07, 6.45) is 8.79. The molecular formula is C23H31N7O2. The van der Waals surface area contributed by atoms with E-state index in [1.165, 1.54) is 12.8 Å². The number of rotatable bonds is 5. The van der Waals surface area contributed by atoms with Gasteiger partial charge in [0.15, 0.2) is 17.0 Å². The van der Waals surface area contributed by atoms with Crippen LogP contribution in [-0.2, 0) is 24.2 Å². The van der Waals surface area contributed by atoms with Gasteiger partial charge < -0.3 is 19.3 Å². The molecule has 5 heterocycles. The van der Waals surface area contributed by atoms with Crippen LogP contribution >= 0.6 is 0 Å². The highest BCUT2D eigenvalue weighted by Crippen LogP contribution is 2.29. The number of imidazole rings is 1. The molecule has 0 aliphatic carbocycles. The quantitative estimate of drug-likeness (QED) is 0.655. The third-order valence-corrected chi connectivity index (χ3v) is 6.82. The summed E-state index contributed by atoms with van der Waals surface area (Å²) in [6.45, 7) is 6.95. The molecule has 1 fully saturated rings. The summed E-state index contributed by atoms with van der Waals surface area (Å²) < 4.78 is 7.48. The van der Waals surface area contributed by atoms with Gasteiger partial charge in [0, 0.05) is 38.2 Å². The van der Waals surface area contributed by atoms with Crippen molar-refractivity contribution in [2.75, 3.05) is 24.5 Å². The smallest absolute Gasteiger partial charge is 0.224 e. The maximum atomic E-state index is 12.9. The Morgan fingerprint density at radius 3 is 2.94 bits per heavy atom. The zero-order chi connectivity index (χ0) is 22.1. The van der Waals surface area contributed by atoms with Gasteiger partial charge in [-0.1, -0.05) is 11.6 Å². The molecule has 1 amide bonds. The molecule has 1 N–H and O–H groups in total. The molecule has 3 aromatic heterocycles. The van der Waals surface area contributed by atoms with Gasteiger partial charge in [0.25, 0.3) is 0 Å². The first-order chi connectivity index (χ1) is 15.6. The van der Waals surface area contributed by atoms with Gasteiger partial charge >= 0.3 is 0 Å². The zero-order valence-corrected chi connectivity index (χ0v) is 18.9. The number of aromatic nitrogens is 5. The summed E-state index contributed by atoms with van der Waals surface area (Å²) in [5, 5.41) is 7.10. The van der Waals surface area contributed by atoms with Crippen LogP contribution in [0.2, 0.25) is 0 Å². The van der Waals surface area contributed by atoms with Crippen LogP contribution in [-0.4, -0.2) is 50.2 Å². The number of nitrogens with zero attached hydrogens (tertiary/aromatic N) is 6. The largest absolute Gasteiger partial charge is 0.361 e. The summed E-state index contributed by atoms with van der Waals surface area (Å²) in [5.41, 5.74) is 3.78. The molecule has 2 aliphatic heterocycles. The second-order valence-electron chi connectivity index (χ2n) is 8.99. The Balaban J connectivity index is 1.28. The number of fused-ring (bicyclic) bond motifs is 3. The number of hydrogen-bond donors (Lipinski definition) is 1. The minimum atomic E-state index is -0.0566. The lowest BCUT2D eigenvalue weighted by molar-refractivity contribution is -0.125. The standard InChI is InChI=1S/C23H31N7O2/c1-15-18(16(2)32-28-15)9-10-24-23(31)17-7-6-11-29(13-17)21-20-22(26-14-25-21)30-12-5-3-4-8-19(30)27-20/h14,17H,3-13H2,1-2H3,(H,24,31). The fourth-order valence-electron chi connectivity index (χ4n) is 5.05. The van der Waals surface area contributed by atoms with Crippen molar-refractivity contribution in [2.24, 2.45) is 5.92 Å². The summed E-state index contributed by atoms with van der Waals surface area (Å²) >= 11 is 0. The van der Waals surface area contributed by atoms with E-state index in [0.717, 1.165) is 85.0 Å². The van der Waals surface area contributed by atoms with Crippen LogP contribution < -0.4 is 10.2 Å². The van der Waals surface area contributed by atoms with Crippen molar-refractivity contribution >= 4 is 22.9 Å². The van der Waals surface area contributed by atoms with Gasteiger partial charge in [0.05, 0.1) is 11.6 Å². The van der Waals surface area contributed by atoms with Gasteiger partial charge in [0.1, 0.15) is 17.9 Å². The van der Waals surface area contributed by atoms with E-state index in [1.807, 2.05) is 13.8 Å². The molecule has 3 aromatic rings. The van der Waals surface area contributed by atoms with Crippen molar-refractivity contribution in [1.29, 1.82) is 0 Å². The number of anilines is 1. The maximum Gasteiger partial charge on any atom is 0.224 e. The SMILES string of the molecule is Cc1noc(C)c1CCNC(=O)C1CCCN(c2ncnc3c2nc2n3CCCCC2)C1. The van der Waals surface area contributed by atoms with E-state index in [1.54, 1.807) is 6.33 Å². The lowest BCUT2D eigenvalue weighted by Gasteiger charge is -2.32. The van der Waals surface area contributed by atoms with E-state index >= 15 is 0 Å². The molecule has 170 valence electrons. The van der Waals surface area contributed by atoms with Crippen molar-refractivity contribution in [2.45, 2.75) is 65.3 Å². The van der Waals surface area contributed by atoms with Crippen molar-refractivity contribution < 1.29 is 9.32 Å². The molecule has 1 saturated heterocycles. The average Bonchev–Trinajstić information content (AvgIpc) is 3.22. The fourth-order valence-corrected chi connectivity index (χ4v) is 5.05. The second-order valence-corrected chi connectivity index (χ2v) is 8.99. The number of carbonyl (C=O) groups is 1. The maximum absolute atomic E-state index is 12.9. The van der Waals surface area contributed by atoms with Gasteiger partial charge in [-0.2, -0.15) is 0 Å². The Kier molecular flexibility index (Phi) is 5.80. The predicted octanol–water partition coefficient (Wildman–Crippen LogP) is 2.73. The Morgan fingerprint density at radius 1 is 1.19 bits per heavy atom. The highest BCUT2D eigenvalue weighted by atomic mass is 16.5. The molecule has 0 radical (unpaired) electrons. The van der Waals surface area contributed by atoms with E-state index in [4.69, 9.17) is 9.51 Å². The number of aryl methyl sites for hydroxylation is 4. The third-order valence-electron chi connectivity index (χ3n) is 6.82. The van der Waals surface area contributed by atoms with Crippen LogP contribution in [0.25, 0.3) is 11.2 Å². The summed E-state index contributed by atoms with van der Waals surface area (Å²) in [4.78, 5) is 29.2. The lowest BCUT2D eigenvalue weighted by Crippen LogP contribution is -2.44. The van der Waals surface area contributed by atoms with Crippen LogP contribution in [0.4, 0.5) is 5.82 Å². The Morgan fingerprint density at radius 2 is 2.09 bits per heavy atom. The monoisotopic (exact) mass is 437 g/mol. The molecule has 0 bridgehead atoms. The van der Waals surface area contributed by atoms with Crippen LogP contribution in [0, 0.1) is 19.8 Å². The topological polar surface area (TPSA) is 102 Å². The van der Waals surface area contributed by atoms with E-state index in [0.29, 0.717) is 13.1 Å². The summed E-state index contributed by atoms with van der Waals surface area (Å²) in [7, 11) is 0. The molecule has 9 nitrogen and oxygen atoms in total. The zero-order valence-electron chi connectivity index (χ0n) is 18.9. The predicted molar refractivity (Wildman–Crippen MR) is 121 cm³/mol. The second kappa shape index (κ2) is 8.88. The first kappa shape index (κ1) is 20.9. The normalized spacial score (nSPS) is 19.1. The highest BCUT2D eigenvalue weighted by Gasteiger charge is 2.29. The van der Waals surface area contributed by atoms with Crippen LogP contribution in [0.15, 0.2) is 10.9 Å². The number of hydrogen-bond acceptors (Lipinski definition) is 7. The van der Waals surface area contributed by atoms with Gasteiger partial charge in [-0.05, 0) is 46.0 Å². The number of carbonyl (C=O) groups excluding carboxylic acids is 1. The van der Waals surface area contributed by atoms with Crippen molar-refractivity contribution in [3.8, 4) is 0 Å². The highest BCUT2D eigenvalue weighted by molar-refractivity contribution is 5.85. The molecule has 9 heteroatoms. The minimum absolute atomic E-state index is 0.0566. The molecule has 2 aliphatic rings. The first-order valence-corrected chi connectivity index (χ1v) is 11.8. The minimum Gasteiger partial charge on any atom is -0.361 e. The first-order valence-electron chi connectivity index (χ1n) is 11.8. The number of piperidine rings is 1. The summed E-state index contributed by atoms with van der Waals surface area (Å²) in [5.74, 6) is 2.85. The molecular weight excluding hydrogens is 406 g/mol. The van der Waals surface area contributed by atoms with Gasteiger partial charge in [-0.15, -0.1) is 0 Å². The molecule has 1 atom stereocenters. The Labute approximate surface area is 187 Å². The van der Waals surface area contributed by atoms with Crippen molar-refractivity contribution in [1.82, 2.24) is 30.0 Å². The van der Waals surface area contributed by atoms with Crippen molar-refractivity contribution in [3.63, 3.8) is 0 Å². The average molecular weight is 438 g/mol. The summed E-state index contributed by atoms with van der Waals surface area (Å²) in [6, 6.07) is 0. The number of nitrogens with one attached hydrogen (secondary N) is 1. The molecule has 5 rings (SSSR count). The Hall–Kier alpha value is -2.97. The van der Waals surface area contributed by atoms with Gasteiger partial charge in [-0.3, -0.25) is 4.79 Å². The molecule has 0 saturated carbocycles. The lowest BCUT2D eigenvalue weighted by atomic mass is 9.97. The molecule has 0 spiro atoms. The van der Waals surface area contributed by atoms with Gasteiger partial charge in [-0.25, -0.2) is 15.0 Å². The van der Waals surface area contributed by atoms with E-state index < -0.39 is 0 Å². The van der Waals surface area contributed by atoms with Gasteiger partial charge in [0.2, 0.25) is 5.91 Å².